The highest BCUT2D eigenvalue weighted by atomic mass is 35.5. The van der Waals surface area contributed by atoms with Gasteiger partial charge in [0.25, 0.3) is 0 Å². The average molecular weight is 314 g/mol. The lowest BCUT2D eigenvalue weighted by Gasteiger charge is -2.23. The van der Waals surface area contributed by atoms with Gasteiger partial charge in [-0.05, 0) is 29.3 Å². The van der Waals surface area contributed by atoms with E-state index in [1.165, 1.54) is 12.1 Å². The Labute approximate surface area is 126 Å². The molecule has 0 aliphatic heterocycles. The standard InChI is InChI=1S/C15H14Cl2FNO/c16-12-4-2-1-3-10(12)11(8-19)15(20)9-5-6-13(17)14(18)7-9/h1-7,11,15,20H,8,19H2. The van der Waals surface area contributed by atoms with Crippen LogP contribution in [0, 0.1) is 5.82 Å². The minimum absolute atomic E-state index is 0.0167. The summed E-state index contributed by atoms with van der Waals surface area (Å²) in [5.41, 5.74) is 6.90. The van der Waals surface area contributed by atoms with Crippen molar-refractivity contribution in [3.05, 3.63) is 69.5 Å². The first-order chi connectivity index (χ1) is 9.54. The van der Waals surface area contributed by atoms with Crippen molar-refractivity contribution in [3.63, 3.8) is 0 Å². The van der Waals surface area contributed by atoms with Gasteiger partial charge in [0.15, 0.2) is 0 Å². The molecule has 20 heavy (non-hydrogen) atoms. The summed E-state index contributed by atoms with van der Waals surface area (Å²) in [4.78, 5) is 0. The molecule has 106 valence electrons. The minimum atomic E-state index is -0.952. The van der Waals surface area contributed by atoms with E-state index >= 15 is 0 Å². The van der Waals surface area contributed by atoms with Crippen LogP contribution in [0.15, 0.2) is 42.5 Å². The summed E-state index contributed by atoms with van der Waals surface area (Å²) in [6.07, 6.45) is -0.952. The van der Waals surface area contributed by atoms with Crippen LogP contribution >= 0.6 is 23.2 Å². The molecule has 0 fully saturated rings. The van der Waals surface area contributed by atoms with Gasteiger partial charge in [-0.15, -0.1) is 0 Å². The largest absolute Gasteiger partial charge is 0.388 e. The lowest BCUT2D eigenvalue weighted by Crippen LogP contribution is -2.20. The van der Waals surface area contributed by atoms with Gasteiger partial charge in [0.05, 0.1) is 11.1 Å². The summed E-state index contributed by atoms with van der Waals surface area (Å²) >= 11 is 11.8. The normalized spacial score (nSPS) is 14.1. The second-order valence-corrected chi connectivity index (χ2v) is 5.30. The van der Waals surface area contributed by atoms with Gasteiger partial charge in [0, 0.05) is 17.5 Å². The molecule has 2 rings (SSSR count). The van der Waals surface area contributed by atoms with Crippen molar-refractivity contribution < 1.29 is 9.50 Å². The first-order valence-corrected chi connectivity index (χ1v) is 6.87. The van der Waals surface area contributed by atoms with E-state index in [0.29, 0.717) is 10.6 Å². The van der Waals surface area contributed by atoms with Crippen molar-refractivity contribution in [1.82, 2.24) is 0 Å². The third kappa shape index (κ3) is 3.13. The molecule has 2 atom stereocenters. The number of benzene rings is 2. The van der Waals surface area contributed by atoms with E-state index in [4.69, 9.17) is 28.9 Å². The van der Waals surface area contributed by atoms with Crippen molar-refractivity contribution in [1.29, 1.82) is 0 Å². The number of rotatable bonds is 4. The maximum atomic E-state index is 13.5. The van der Waals surface area contributed by atoms with Gasteiger partial charge in [0.2, 0.25) is 0 Å². The summed E-state index contributed by atoms with van der Waals surface area (Å²) in [5.74, 6) is -0.984. The molecule has 0 radical (unpaired) electrons. The summed E-state index contributed by atoms with van der Waals surface area (Å²) in [7, 11) is 0. The maximum absolute atomic E-state index is 13.5. The molecule has 3 N–H and O–H groups in total. The SMILES string of the molecule is NCC(c1ccccc1Cl)C(O)c1ccc(Cl)c(F)c1. The zero-order chi connectivity index (χ0) is 14.7. The van der Waals surface area contributed by atoms with Gasteiger partial charge >= 0.3 is 0 Å². The molecular weight excluding hydrogens is 300 g/mol. The van der Waals surface area contributed by atoms with Crippen molar-refractivity contribution in [2.75, 3.05) is 6.54 Å². The van der Waals surface area contributed by atoms with E-state index in [2.05, 4.69) is 0 Å². The first kappa shape index (κ1) is 15.3. The molecular formula is C15H14Cl2FNO. The fourth-order valence-corrected chi connectivity index (χ4v) is 2.52. The molecule has 2 aromatic carbocycles. The van der Waals surface area contributed by atoms with Crippen LogP contribution in [0.3, 0.4) is 0 Å². The Balaban J connectivity index is 2.36. The molecule has 2 nitrogen and oxygen atoms in total. The van der Waals surface area contributed by atoms with Crippen LogP contribution < -0.4 is 5.73 Å². The lowest BCUT2D eigenvalue weighted by molar-refractivity contribution is 0.147. The zero-order valence-corrected chi connectivity index (χ0v) is 12.1. The highest BCUT2D eigenvalue weighted by molar-refractivity contribution is 6.31. The quantitative estimate of drug-likeness (QED) is 0.899. The minimum Gasteiger partial charge on any atom is -0.388 e. The van der Waals surface area contributed by atoms with Gasteiger partial charge in [-0.2, -0.15) is 0 Å². The molecule has 2 aromatic rings. The van der Waals surface area contributed by atoms with E-state index in [1.807, 2.05) is 6.07 Å². The molecule has 0 spiro atoms. The number of hydrogen-bond acceptors (Lipinski definition) is 2. The van der Waals surface area contributed by atoms with Crippen molar-refractivity contribution in [2.45, 2.75) is 12.0 Å². The molecule has 0 aromatic heterocycles. The second kappa shape index (κ2) is 6.55. The number of aliphatic hydroxyl groups is 1. The molecule has 2 unspecified atom stereocenters. The highest BCUT2D eigenvalue weighted by Gasteiger charge is 2.24. The Morgan fingerprint density at radius 3 is 2.40 bits per heavy atom. The fourth-order valence-electron chi connectivity index (χ4n) is 2.13. The van der Waals surface area contributed by atoms with Crippen LogP contribution in [0.25, 0.3) is 0 Å². The monoisotopic (exact) mass is 313 g/mol. The van der Waals surface area contributed by atoms with Crippen LogP contribution in [0.1, 0.15) is 23.1 Å². The van der Waals surface area contributed by atoms with Crippen molar-refractivity contribution in [2.24, 2.45) is 5.73 Å². The van der Waals surface area contributed by atoms with Crippen LogP contribution in [-0.4, -0.2) is 11.7 Å². The van der Waals surface area contributed by atoms with E-state index in [9.17, 15) is 9.50 Å². The van der Waals surface area contributed by atoms with Gasteiger partial charge in [-0.25, -0.2) is 4.39 Å². The molecule has 0 aliphatic carbocycles. The third-order valence-corrected chi connectivity index (χ3v) is 3.88. The van der Waals surface area contributed by atoms with Gasteiger partial charge in [0.1, 0.15) is 5.82 Å². The molecule has 0 bridgehead atoms. The van der Waals surface area contributed by atoms with Crippen LogP contribution in [0.5, 0.6) is 0 Å². The summed E-state index contributed by atoms with van der Waals surface area (Å²) in [6, 6.07) is 11.4. The average Bonchev–Trinajstić information content (AvgIpc) is 2.44. The Morgan fingerprint density at radius 1 is 1.10 bits per heavy atom. The molecule has 0 aliphatic rings. The van der Waals surface area contributed by atoms with Gasteiger partial charge in [-0.3, -0.25) is 0 Å². The fraction of sp³-hybridized carbons (Fsp3) is 0.200. The van der Waals surface area contributed by atoms with Gasteiger partial charge in [-0.1, -0.05) is 47.5 Å². The molecule has 5 heteroatoms. The first-order valence-electron chi connectivity index (χ1n) is 6.12. The highest BCUT2D eigenvalue weighted by Crippen LogP contribution is 2.34. The number of nitrogens with two attached hydrogens (primary N) is 1. The molecule has 0 saturated heterocycles. The summed E-state index contributed by atoms with van der Waals surface area (Å²) in [6.45, 7) is 0.190. The second-order valence-electron chi connectivity index (χ2n) is 4.48. The van der Waals surface area contributed by atoms with E-state index in [-0.39, 0.29) is 11.6 Å². The predicted molar refractivity (Wildman–Crippen MR) is 79.6 cm³/mol. The van der Waals surface area contributed by atoms with Crippen LogP contribution in [0.2, 0.25) is 10.0 Å². The Kier molecular flexibility index (Phi) is 5.00. The maximum Gasteiger partial charge on any atom is 0.142 e. The Morgan fingerprint density at radius 2 is 1.80 bits per heavy atom. The number of halogens is 3. The molecule has 0 heterocycles. The Hall–Kier alpha value is -1.13. The van der Waals surface area contributed by atoms with E-state index in [0.717, 1.165) is 5.56 Å². The molecule has 0 saturated carbocycles. The third-order valence-electron chi connectivity index (χ3n) is 3.22. The summed E-state index contributed by atoms with van der Waals surface area (Å²) in [5, 5.41) is 11.0. The Bertz CT molecular complexity index is 606. The van der Waals surface area contributed by atoms with Crippen molar-refractivity contribution >= 4 is 23.2 Å². The van der Waals surface area contributed by atoms with E-state index < -0.39 is 17.8 Å². The van der Waals surface area contributed by atoms with Crippen molar-refractivity contribution in [3.8, 4) is 0 Å². The zero-order valence-electron chi connectivity index (χ0n) is 10.6. The topological polar surface area (TPSA) is 46.2 Å². The van der Waals surface area contributed by atoms with E-state index in [1.54, 1.807) is 24.3 Å². The predicted octanol–water partition coefficient (Wildman–Crippen LogP) is 3.91. The summed E-state index contributed by atoms with van der Waals surface area (Å²) < 4.78 is 13.5. The van der Waals surface area contributed by atoms with Gasteiger partial charge < -0.3 is 10.8 Å². The lowest BCUT2D eigenvalue weighted by atomic mass is 9.89. The smallest absolute Gasteiger partial charge is 0.142 e. The molecule has 0 amide bonds. The number of hydrogen-bond donors (Lipinski definition) is 2. The van der Waals surface area contributed by atoms with Crippen LogP contribution in [0.4, 0.5) is 4.39 Å². The van der Waals surface area contributed by atoms with Crippen LogP contribution in [-0.2, 0) is 0 Å². The number of aliphatic hydroxyl groups excluding tert-OH is 1.